The second-order valence-corrected chi connectivity index (χ2v) is 5.56. The maximum atomic E-state index is 4.62. The predicted molar refractivity (Wildman–Crippen MR) is 79.6 cm³/mol. The highest BCUT2D eigenvalue weighted by molar-refractivity contribution is 5.29. The van der Waals surface area contributed by atoms with Crippen LogP contribution in [0.5, 0.6) is 0 Å². The van der Waals surface area contributed by atoms with Crippen LogP contribution in [0.15, 0.2) is 24.7 Å². The molecule has 3 rings (SSSR count). The molecule has 0 spiro atoms. The molecule has 20 heavy (non-hydrogen) atoms. The summed E-state index contributed by atoms with van der Waals surface area (Å²) in [7, 11) is 0. The molecule has 0 aliphatic carbocycles. The average molecular weight is 273 g/mol. The Morgan fingerprint density at radius 1 is 1.35 bits per heavy atom. The number of hydrogen-bond acceptors (Lipinski definition) is 4. The van der Waals surface area contributed by atoms with Crippen molar-refractivity contribution in [3.63, 3.8) is 0 Å². The first-order valence-corrected chi connectivity index (χ1v) is 7.56. The summed E-state index contributed by atoms with van der Waals surface area (Å²) in [5.74, 6) is 0.790. The van der Waals surface area contributed by atoms with Crippen LogP contribution in [0.2, 0.25) is 0 Å². The van der Waals surface area contributed by atoms with Crippen molar-refractivity contribution in [2.45, 2.75) is 45.3 Å². The van der Waals surface area contributed by atoms with E-state index in [4.69, 9.17) is 0 Å². The van der Waals surface area contributed by atoms with E-state index in [-0.39, 0.29) is 0 Å². The fourth-order valence-corrected chi connectivity index (χ4v) is 2.96. The summed E-state index contributed by atoms with van der Waals surface area (Å²) in [5.41, 5.74) is 1.11. The highest BCUT2D eigenvalue weighted by Crippen LogP contribution is 2.15. The highest BCUT2D eigenvalue weighted by Gasteiger charge is 2.26. The van der Waals surface area contributed by atoms with Crippen molar-refractivity contribution in [2.24, 2.45) is 0 Å². The molecule has 1 aliphatic rings. The van der Waals surface area contributed by atoms with E-state index in [9.17, 15) is 0 Å². The van der Waals surface area contributed by atoms with Crippen LogP contribution in [0.25, 0.3) is 5.78 Å². The molecule has 108 valence electrons. The predicted octanol–water partition coefficient (Wildman–Crippen LogP) is 1.69. The van der Waals surface area contributed by atoms with E-state index in [1.54, 1.807) is 6.20 Å². The summed E-state index contributed by atoms with van der Waals surface area (Å²) < 4.78 is 2.00. The Morgan fingerprint density at radius 2 is 2.25 bits per heavy atom. The maximum absolute atomic E-state index is 4.62. The summed E-state index contributed by atoms with van der Waals surface area (Å²) in [6.45, 7) is 7.62. The topological polar surface area (TPSA) is 45.5 Å². The monoisotopic (exact) mass is 273 g/mol. The van der Waals surface area contributed by atoms with E-state index >= 15 is 0 Å². The molecule has 0 amide bonds. The molecule has 1 N–H and O–H groups in total. The Labute approximate surface area is 120 Å². The van der Waals surface area contributed by atoms with Crippen LogP contribution >= 0.6 is 0 Å². The lowest BCUT2D eigenvalue weighted by atomic mass is 10.1. The summed E-state index contributed by atoms with van der Waals surface area (Å²) >= 11 is 0. The molecule has 1 saturated heterocycles. The first-order valence-electron chi connectivity index (χ1n) is 7.56. The largest absolute Gasteiger partial charge is 0.311 e. The first kappa shape index (κ1) is 13.5. The summed E-state index contributed by atoms with van der Waals surface area (Å²) in [5, 5.41) is 3.63. The lowest BCUT2D eigenvalue weighted by Gasteiger charge is -2.39. The van der Waals surface area contributed by atoms with E-state index < -0.39 is 0 Å². The molecule has 0 bridgehead atoms. The van der Waals surface area contributed by atoms with Gasteiger partial charge in [-0.25, -0.2) is 9.97 Å². The molecule has 0 aromatic carbocycles. The zero-order valence-electron chi connectivity index (χ0n) is 12.3. The van der Waals surface area contributed by atoms with E-state index in [0.29, 0.717) is 12.1 Å². The van der Waals surface area contributed by atoms with Crippen molar-refractivity contribution in [2.75, 3.05) is 13.1 Å². The fourth-order valence-electron chi connectivity index (χ4n) is 2.96. The van der Waals surface area contributed by atoms with Crippen molar-refractivity contribution in [1.29, 1.82) is 0 Å². The van der Waals surface area contributed by atoms with Gasteiger partial charge in [0.25, 0.3) is 0 Å². The van der Waals surface area contributed by atoms with Gasteiger partial charge < -0.3 is 5.32 Å². The number of piperazine rings is 1. The Balaban J connectivity index is 1.76. The van der Waals surface area contributed by atoms with Gasteiger partial charge in [0.05, 0.1) is 5.69 Å². The number of rotatable bonds is 4. The van der Waals surface area contributed by atoms with Gasteiger partial charge in [-0.15, -0.1) is 0 Å². The zero-order chi connectivity index (χ0) is 13.9. The van der Waals surface area contributed by atoms with Crippen LogP contribution in [0, 0.1) is 0 Å². The number of hydrogen-bond donors (Lipinski definition) is 1. The van der Waals surface area contributed by atoms with Gasteiger partial charge in [-0.1, -0.05) is 13.8 Å². The molecule has 2 aromatic rings. The van der Waals surface area contributed by atoms with E-state index in [0.717, 1.165) is 31.1 Å². The number of fused-ring (bicyclic) bond motifs is 1. The highest BCUT2D eigenvalue weighted by atomic mass is 15.2. The average Bonchev–Trinajstić information content (AvgIpc) is 2.89. The van der Waals surface area contributed by atoms with Gasteiger partial charge in [0.1, 0.15) is 0 Å². The Kier molecular flexibility index (Phi) is 3.98. The van der Waals surface area contributed by atoms with Gasteiger partial charge >= 0.3 is 0 Å². The van der Waals surface area contributed by atoms with Crippen molar-refractivity contribution in [1.82, 2.24) is 24.6 Å². The Bertz CT molecular complexity index is 531. The van der Waals surface area contributed by atoms with Gasteiger partial charge in [-0.2, -0.15) is 0 Å². The van der Waals surface area contributed by atoms with Gasteiger partial charge in [-0.05, 0) is 18.9 Å². The smallest absolute Gasteiger partial charge is 0.233 e. The third-order valence-corrected chi connectivity index (χ3v) is 4.23. The summed E-state index contributed by atoms with van der Waals surface area (Å²) in [6, 6.07) is 3.15. The van der Waals surface area contributed by atoms with Crippen LogP contribution in [-0.2, 0) is 6.54 Å². The van der Waals surface area contributed by atoms with Crippen LogP contribution in [0.3, 0.4) is 0 Å². The van der Waals surface area contributed by atoms with Gasteiger partial charge in [0, 0.05) is 50.3 Å². The van der Waals surface area contributed by atoms with Crippen LogP contribution in [0.1, 0.15) is 32.4 Å². The van der Waals surface area contributed by atoms with Crippen LogP contribution < -0.4 is 5.32 Å². The standard InChI is InChI=1S/C15H23N5/c1-3-12-9-20(14(4-2)8-17-12)11-13-10-19-7-5-6-16-15(19)18-13/h5-7,10,12,14,17H,3-4,8-9,11H2,1-2H3. The molecule has 0 radical (unpaired) electrons. The van der Waals surface area contributed by atoms with E-state index in [1.807, 2.05) is 16.7 Å². The molecule has 2 atom stereocenters. The minimum absolute atomic E-state index is 0.605. The second kappa shape index (κ2) is 5.89. The van der Waals surface area contributed by atoms with Crippen molar-refractivity contribution < 1.29 is 0 Å². The molecule has 1 aliphatic heterocycles. The van der Waals surface area contributed by atoms with Crippen LogP contribution in [0.4, 0.5) is 0 Å². The molecule has 5 nitrogen and oxygen atoms in total. The Hall–Kier alpha value is -1.46. The van der Waals surface area contributed by atoms with Crippen molar-refractivity contribution >= 4 is 5.78 Å². The number of imidazole rings is 1. The van der Waals surface area contributed by atoms with E-state index in [2.05, 4.69) is 40.2 Å². The molecule has 3 heterocycles. The zero-order valence-corrected chi connectivity index (χ0v) is 12.3. The van der Waals surface area contributed by atoms with Crippen LogP contribution in [-0.4, -0.2) is 44.4 Å². The van der Waals surface area contributed by atoms with Gasteiger partial charge in [0.2, 0.25) is 5.78 Å². The molecule has 2 aromatic heterocycles. The lowest BCUT2D eigenvalue weighted by molar-refractivity contribution is 0.116. The van der Waals surface area contributed by atoms with Crippen molar-refractivity contribution in [3.05, 3.63) is 30.4 Å². The van der Waals surface area contributed by atoms with E-state index in [1.165, 1.54) is 12.8 Å². The maximum Gasteiger partial charge on any atom is 0.233 e. The number of aromatic nitrogens is 3. The second-order valence-electron chi connectivity index (χ2n) is 5.56. The number of nitrogens with zero attached hydrogens (tertiary/aromatic N) is 4. The SMILES string of the molecule is CCC1CN(Cc2cn3cccnc3n2)C(CC)CN1. The molecule has 1 fully saturated rings. The Morgan fingerprint density at radius 3 is 3.00 bits per heavy atom. The fraction of sp³-hybridized carbons (Fsp3) is 0.600. The van der Waals surface area contributed by atoms with Crippen molar-refractivity contribution in [3.8, 4) is 0 Å². The molecular formula is C15H23N5. The van der Waals surface area contributed by atoms with Gasteiger partial charge in [0.15, 0.2) is 0 Å². The minimum Gasteiger partial charge on any atom is -0.311 e. The quantitative estimate of drug-likeness (QED) is 0.921. The molecular weight excluding hydrogens is 250 g/mol. The molecule has 5 heteroatoms. The third-order valence-electron chi connectivity index (χ3n) is 4.23. The summed E-state index contributed by atoms with van der Waals surface area (Å²) in [6.07, 6.45) is 8.24. The molecule has 0 saturated carbocycles. The third kappa shape index (κ3) is 2.69. The first-order chi connectivity index (χ1) is 9.80. The number of nitrogens with one attached hydrogen (secondary N) is 1. The summed E-state index contributed by atoms with van der Waals surface area (Å²) in [4.78, 5) is 11.5. The molecule has 2 unspecified atom stereocenters. The normalized spacial score (nSPS) is 24.3. The van der Waals surface area contributed by atoms with Gasteiger partial charge in [-0.3, -0.25) is 9.30 Å². The minimum atomic E-state index is 0.605. The lowest BCUT2D eigenvalue weighted by Crippen LogP contribution is -2.55.